The molecule has 1 amide bonds. The van der Waals surface area contributed by atoms with E-state index in [4.69, 9.17) is 0 Å². The summed E-state index contributed by atoms with van der Waals surface area (Å²) in [5, 5.41) is 14.2. The van der Waals surface area contributed by atoms with Gasteiger partial charge >= 0.3 is 0 Å². The normalized spacial score (nSPS) is 15.9. The molecule has 2 rings (SSSR count). The highest BCUT2D eigenvalue weighted by Gasteiger charge is 2.24. The smallest absolute Gasteiger partial charge is 0.293 e. The summed E-state index contributed by atoms with van der Waals surface area (Å²) >= 11 is 0. The average molecular weight is 305 g/mol. The Bertz CT molecular complexity index is 566. The highest BCUT2D eigenvalue weighted by molar-refractivity contribution is 5.96. The summed E-state index contributed by atoms with van der Waals surface area (Å²) in [4.78, 5) is 25.2. The second-order valence-corrected chi connectivity index (χ2v) is 6.16. The minimum atomic E-state index is -0.406. The van der Waals surface area contributed by atoms with Crippen LogP contribution in [0.3, 0.4) is 0 Å². The van der Waals surface area contributed by atoms with Gasteiger partial charge in [0.05, 0.1) is 4.92 Å². The lowest BCUT2D eigenvalue weighted by molar-refractivity contribution is -0.384. The molecule has 1 aliphatic rings. The summed E-state index contributed by atoms with van der Waals surface area (Å²) in [7, 11) is 0. The first-order valence-corrected chi connectivity index (χ1v) is 7.74. The molecule has 1 aromatic carbocycles. The van der Waals surface area contributed by atoms with E-state index in [-0.39, 0.29) is 17.6 Å². The van der Waals surface area contributed by atoms with Crippen molar-refractivity contribution in [1.82, 2.24) is 5.32 Å². The van der Waals surface area contributed by atoms with Crippen LogP contribution >= 0.6 is 0 Å². The Hall–Kier alpha value is -2.11. The third kappa shape index (κ3) is 3.55. The topological polar surface area (TPSA) is 75.5 Å². The van der Waals surface area contributed by atoms with E-state index in [9.17, 15) is 14.9 Å². The standard InChI is InChI=1S/C16H23N3O3/c1-11(2)12(3)17-16(20)13-6-7-14(15(10-13)19(21)22)18-8-4-5-9-18/h6-7,10-12H,4-5,8-9H2,1-3H3,(H,17,20). The first-order chi connectivity index (χ1) is 10.4. The third-order valence-electron chi connectivity index (χ3n) is 4.24. The average Bonchev–Trinajstić information content (AvgIpc) is 3.00. The van der Waals surface area contributed by atoms with E-state index in [1.54, 1.807) is 12.1 Å². The van der Waals surface area contributed by atoms with E-state index < -0.39 is 4.92 Å². The molecule has 6 heteroatoms. The molecule has 1 heterocycles. The van der Waals surface area contributed by atoms with Gasteiger partial charge in [-0.05, 0) is 37.8 Å². The van der Waals surface area contributed by atoms with Gasteiger partial charge in [-0.1, -0.05) is 13.8 Å². The van der Waals surface area contributed by atoms with Gasteiger partial charge in [0.25, 0.3) is 11.6 Å². The molecule has 6 nitrogen and oxygen atoms in total. The number of nitrogens with zero attached hydrogens (tertiary/aromatic N) is 2. The quantitative estimate of drug-likeness (QED) is 0.670. The zero-order chi connectivity index (χ0) is 16.3. The highest BCUT2D eigenvalue weighted by Crippen LogP contribution is 2.31. The molecule has 1 fully saturated rings. The zero-order valence-electron chi connectivity index (χ0n) is 13.3. The molecule has 1 saturated heterocycles. The number of carbonyl (C=O) groups excluding carboxylic acids is 1. The van der Waals surface area contributed by atoms with Crippen LogP contribution in [0, 0.1) is 16.0 Å². The molecule has 0 spiro atoms. The summed E-state index contributed by atoms with van der Waals surface area (Å²) < 4.78 is 0. The Balaban J connectivity index is 2.25. The number of anilines is 1. The Morgan fingerprint density at radius 2 is 1.91 bits per heavy atom. The molecule has 22 heavy (non-hydrogen) atoms. The summed E-state index contributed by atoms with van der Waals surface area (Å²) in [6, 6.07) is 4.77. The lowest BCUT2D eigenvalue weighted by Crippen LogP contribution is -2.36. The van der Waals surface area contributed by atoms with Crippen LogP contribution in [0.25, 0.3) is 0 Å². The number of benzene rings is 1. The van der Waals surface area contributed by atoms with Crippen molar-refractivity contribution in [3.8, 4) is 0 Å². The number of nitrogens with one attached hydrogen (secondary N) is 1. The number of amides is 1. The van der Waals surface area contributed by atoms with Gasteiger partial charge in [-0.3, -0.25) is 14.9 Å². The SMILES string of the molecule is CC(C)C(C)NC(=O)c1ccc(N2CCCC2)c([N+](=O)[O-])c1. The van der Waals surface area contributed by atoms with Crippen LogP contribution in [0.5, 0.6) is 0 Å². The minimum Gasteiger partial charge on any atom is -0.366 e. The third-order valence-corrected chi connectivity index (χ3v) is 4.24. The van der Waals surface area contributed by atoms with Gasteiger partial charge in [-0.2, -0.15) is 0 Å². The molecule has 0 aliphatic carbocycles. The molecule has 1 aliphatic heterocycles. The molecular formula is C16H23N3O3. The number of carbonyl (C=O) groups is 1. The zero-order valence-corrected chi connectivity index (χ0v) is 13.3. The molecule has 1 unspecified atom stereocenters. The van der Waals surface area contributed by atoms with Crippen LogP contribution in [0.2, 0.25) is 0 Å². The van der Waals surface area contributed by atoms with Gasteiger partial charge in [-0.25, -0.2) is 0 Å². The van der Waals surface area contributed by atoms with Crippen LogP contribution in [0.4, 0.5) is 11.4 Å². The molecule has 120 valence electrons. The maximum absolute atomic E-state index is 12.2. The highest BCUT2D eigenvalue weighted by atomic mass is 16.6. The molecule has 0 bridgehead atoms. The largest absolute Gasteiger partial charge is 0.366 e. The van der Waals surface area contributed by atoms with Crippen LogP contribution in [0.15, 0.2) is 18.2 Å². The number of hydrogen-bond acceptors (Lipinski definition) is 4. The summed E-state index contributed by atoms with van der Waals surface area (Å²) in [5.74, 6) is 0.0417. The molecule has 0 aromatic heterocycles. The van der Waals surface area contributed by atoms with E-state index >= 15 is 0 Å². The molecule has 0 radical (unpaired) electrons. The van der Waals surface area contributed by atoms with Crippen molar-refractivity contribution in [3.05, 3.63) is 33.9 Å². The van der Waals surface area contributed by atoms with Crippen LogP contribution in [-0.2, 0) is 0 Å². The fourth-order valence-corrected chi connectivity index (χ4v) is 2.49. The van der Waals surface area contributed by atoms with Gasteiger partial charge in [0.1, 0.15) is 5.69 Å². The molecule has 1 aromatic rings. The number of nitro groups is 1. The van der Waals surface area contributed by atoms with Gasteiger partial charge < -0.3 is 10.2 Å². The number of rotatable bonds is 5. The van der Waals surface area contributed by atoms with E-state index in [1.807, 2.05) is 25.7 Å². The van der Waals surface area contributed by atoms with Crippen LogP contribution < -0.4 is 10.2 Å². The Kier molecular flexibility index (Phi) is 5.00. The monoisotopic (exact) mass is 305 g/mol. The molecular weight excluding hydrogens is 282 g/mol. The lowest BCUT2D eigenvalue weighted by Gasteiger charge is -2.19. The van der Waals surface area contributed by atoms with Gasteiger partial charge in [0.15, 0.2) is 0 Å². The van der Waals surface area contributed by atoms with Gasteiger partial charge in [0, 0.05) is 30.8 Å². The van der Waals surface area contributed by atoms with Crippen molar-refractivity contribution in [2.75, 3.05) is 18.0 Å². The molecule has 0 saturated carbocycles. The summed E-state index contributed by atoms with van der Waals surface area (Å²) in [6.07, 6.45) is 2.09. The van der Waals surface area contributed by atoms with E-state index in [0.29, 0.717) is 17.2 Å². The second-order valence-electron chi connectivity index (χ2n) is 6.16. The summed E-state index contributed by atoms with van der Waals surface area (Å²) in [6.45, 7) is 7.62. The summed E-state index contributed by atoms with van der Waals surface area (Å²) in [5.41, 5.74) is 0.949. The Morgan fingerprint density at radius 1 is 1.27 bits per heavy atom. The van der Waals surface area contributed by atoms with Crippen LogP contribution in [0.1, 0.15) is 44.0 Å². The predicted octanol–water partition coefficient (Wildman–Crippen LogP) is 2.97. The first kappa shape index (κ1) is 16.3. The van der Waals surface area contributed by atoms with E-state index in [2.05, 4.69) is 5.32 Å². The van der Waals surface area contributed by atoms with Crippen molar-refractivity contribution in [2.45, 2.75) is 39.7 Å². The maximum atomic E-state index is 12.2. The minimum absolute atomic E-state index is 0.00625. The van der Waals surface area contributed by atoms with Crippen molar-refractivity contribution < 1.29 is 9.72 Å². The van der Waals surface area contributed by atoms with Crippen LogP contribution in [-0.4, -0.2) is 30.0 Å². The fraction of sp³-hybridized carbons (Fsp3) is 0.562. The lowest BCUT2D eigenvalue weighted by atomic mass is 10.1. The van der Waals surface area contributed by atoms with Crippen molar-refractivity contribution in [1.29, 1.82) is 0 Å². The van der Waals surface area contributed by atoms with Crippen molar-refractivity contribution >= 4 is 17.3 Å². The predicted molar refractivity (Wildman–Crippen MR) is 86.3 cm³/mol. The molecule has 1 atom stereocenters. The van der Waals surface area contributed by atoms with E-state index in [1.165, 1.54) is 6.07 Å². The van der Waals surface area contributed by atoms with E-state index in [0.717, 1.165) is 25.9 Å². The van der Waals surface area contributed by atoms with Gasteiger partial charge in [0.2, 0.25) is 0 Å². The van der Waals surface area contributed by atoms with Crippen molar-refractivity contribution in [3.63, 3.8) is 0 Å². The van der Waals surface area contributed by atoms with Gasteiger partial charge in [-0.15, -0.1) is 0 Å². The first-order valence-electron chi connectivity index (χ1n) is 7.74. The van der Waals surface area contributed by atoms with Crippen molar-refractivity contribution in [2.24, 2.45) is 5.92 Å². The Labute approximate surface area is 130 Å². The fourth-order valence-electron chi connectivity index (χ4n) is 2.49. The number of nitro benzene ring substituents is 1. The molecule has 1 N–H and O–H groups in total. The maximum Gasteiger partial charge on any atom is 0.293 e. The second kappa shape index (κ2) is 6.77. The Morgan fingerprint density at radius 3 is 2.45 bits per heavy atom. The number of hydrogen-bond donors (Lipinski definition) is 1.